The molecule has 3 rings (SSSR count). The van der Waals surface area contributed by atoms with Gasteiger partial charge in [-0.05, 0) is 30.4 Å². The van der Waals surface area contributed by atoms with Crippen LogP contribution in [0.3, 0.4) is 0 Å². The van der Waals surface area contributed by atoms with Crippen LogP contribution in [0.4, 0.5) is 0 Å². The van der Waals surface area contributed by atoms with Gasteiger partial charge in [0.15, 0.2) is 5.82 Å². The minimum Gasteiger partial charge on any atom is -0.265 e. The Balaban J connectivity index is 2.02. The van der Waals surface area contributed by atoms with Crippen LogP contribution in [0, 0.1) is 4.77 Å². The zero-order valence-electron chi connectivity index (χ0n) is 10.8. The van der Waals surface area contributed by atoms with E-state index < -0.39 is 0 Å². The van der Waals surface area contributed by atoms with E-state index in [2.05, 4.69) is 36.2 Å². The van der Waals surface area contributed by atoms with Crippen molar-refractivity contribution in [1.29, 1.82) is 0 Å². The Labute approximate surface area is 134 Å². The quantitative estimate of drug-likeness (QED) is 0.573. The van der Waals surface area contributed by atoms with Gasteiger partial charge in [-0.15, -0.1) is 0 Å². The lowest BCUT2D eigenvalue weighted by Crippen LogP contribution is -1.95. The van der Waals surface area contributed by atoms with Crippen LogP contribution in [0.5, 0.6) is 0 Å². The number of aromatic amines is 1. The minimum atomic E-state index is 0.435. The number of aromatic nitrogens is 4. The van der Waals surface area contributed by atoms with Crippen molar-refractivity contribution < 1.29 is 0 Å². The molecule has 0 fully saturated rings. The van der Waals surface area contributed by atoms with Gasteiger partial charge in [-0.25, -0.2) is 5.10 Å². The molecule has 3 aromatic rings. The maximum atomic E-state index is 5.22. The number of halogens is 1. The Morgan fingerprint density at radius 2 is 1.95 bits per heavy atom. The third-order valence-corrected chi connectivity index (χ3v) is 3.79. The van der Waals surface area contributed by atoms with E-state index in [1.165, 1.54) is 0 Å². The first-order chi connectivity index (χ1) is 10.3. The first-order valence-corrected chi connectivity index (χ1v) is 7.32. The molecule has 2 heterocycles. The second-order valence-electron chi connectivity index (χ2n) is 4.17. The maximum absolute atomic E-state index is 5.22. The molecule has 7 heteroatoms. The fourth-order valence-corrected chi connectivity index (χ4v) is 2.35. The van der Waals surface area contributed by atoms with Crippen molar-refractivity contribution in [2.24, 2.45) is 5.10 Å². The van der Waals surface area contributed by atoms with Gasteiger partial charge < -0.3 is 0 Å². The monoisotopic (exact) mass is 359 g/mol. The van der Waals surface area contributed by atoms with Crippen molar-refractivity contribution in [3.05, 3.63) is 63.6 Å². The van der Waals surface area contributed by atoms with Gasteiger partial charge in [0.25, 0.3) is 0 Å². The number of nitrogens with zero attached hydrogens (tertiary/aromatic N) is 4. The molecule has 0 aliphatic carbocycles. The summed E-state index contributed by atoms with van der Waals surface area (Å²) in [6, 6.07) is 11.5. The molecule has 0 radical (unpaired) electrons. The van der Waals surface area contributed by atoms with Crippen LogP contribution < -0.4 is 0 Å². The van der Waals surface area contributed by atoms with Crippen molar-refractivity contribution in [3.8, 4) is 11.4 Å². The lowest BCUT2D eigenvalue weighted by Gasteiger charge is -2.01. The largest absolute Gasteiger partial charge is 0.265 e. The van der Waals surface area contributed by atoms with Crippen molar-refractivity contribution in [3.63, 3.8) is 0 Å². The molecule has 1 N–H and O–H groups in total. The van der Waals surface area contributed by atoms with E-state index in [0.29, 0.717) is 10.6 Å². The molecule has 0 atom stereocenters. The molecule has 0 unspecified atom stereocenters. The molecule has 0 spiro atoms. The van der Waals surface area contributed by atoms with Gasteiger partial charge in [0.1, 0.15) is 0 Å². The van der Waals surface area contributed by atoms with Gasteiger partial charge in [-0.3, -0.25) is 4.98 Å². The number of hydrogen-bond donors (Lipinski definition) is 1. The van der Waals surface area contributed by atoms with Gasteiger partial charge in [-0.2, -0.15) is 14.9 Å². The Morgan fingerprint density at radius 1 is 1.19 bits per heavy atom. The molecule has 0 saturated carbocycles. The predicted octanol–water partition coefficient (Wildman–Crippen LogP) is 3.65. The van der Waals surface area contributed by atoms with E-state index in [9.17, 15) is 0 Å². The Morgan fingerprint density at radius 3 is 2.71 bits per heavy atom. The Hall–Kier alpha value is -2.12. The minimum absolute atomic E-state index is 0.435. The van der Waals surface area contributed by atoms with Crippen LogP contribution >= 0.6 is 28.1 Å². The molecule has 1 aromatic carbocycles. The lowest BCUT2D eigenvalue weighted by molar-refractivity contribution is 0.871. The summed E-state index contributed by atoms with van der Waals surface area (Å²) in [6.45, 7) is 0. The van der Waals surface area contributed by atoms with Gasteiger partial charge in [0.2, 0.25) is 4.77 Å². The third kappa shape index (κ3) is 2.98. The SMILES string of the molecule is S=c1[nH]nc(-c2ccncc2)n1N=Cc1ccccc1Br. The van der Waals surface area contributed by atoms with E-state index in [1.807, 2.05) is 36.4 Å². The van der Waals surface area contributed by atoms with Crippen LogP contribution in [0.25, 0.3) is 11.4 Å². The summed E-state index contributed by atoms with van der Waals surface area (Å²) in [5, 5.41) is 11.4. The summed E-state index contributed by atoms with van der Waals surface area (Å²) in [5.41, 5.74) is 1.85. The van der Waals surface area contributed by atoms with Crippen LogP contribution in [0.1, 0.15) is 5.56 Å². The highest BCUT2D eigenvalue weighted by atomic mass is 79.9. The number of H-pyrrole nitrogens is 1. The molecular formula is C14H10BrN5S. The van der Waals surface area contributed by atoms with E-state index in [0.717, 1.165) is 15.6 Å². The standard InChI is InChI=1S/C14H10BrN5S/c15-12-4-2-1-3-11(12)9-17-20-13(18-19-14(20)21)10-5-7-16-8-6-10/h1-9H,(H,19,21). The summed E-state index contributed by atoms with van der Waals surface area (Å²) < 4.78 is 2.99. The average molecular weight is 360 g/mol. The number of benzene rings is 1. The maximum Gasteiger partial charge on any atom is 0.216 e. The van der Waals surface area contributed by atoms with Crippen molar-refractivity contribution in [1.82, 2.24) is 19.9 Å². The summed E-state index contributed by atoms with van der Waals surface area (Å²) in [5.74, 6) is 0.644. The number of pyridine rings is 1. The number of nitrogens with one attached hydrogen (secondary N) is 1. The zero-order chi connectivity index (χ0) is 14.7. The second-order valence-corrected chi connectivity index (χ2v) is 5.41. The van der Waals surface area contributed by atoms with Gasteiger partial charge >= 0.3 is 0 Å². The van der Waals surface area contributed by atoms with E-state index in [4.69, 9.17) is 12.2 Å². The van der Waals surface area contributed by atoms with Crippen molar-refractivity contribution >= 4 is 34.4 Å². The molecule has 0 bridgehead atoms. The highest BCUT2D eigenvalue weighted by Crippen LogP contribution is 2.17. The number of hydrogen-bond acceptors (Lipinski definition) is 4. The lowest BCUT2D eigenvalue weighted by atomic mass is 10.2. The van der Waals surface area contributed by atoms with E-state index in [1.54, 1.807) is 23.3 Å². The number of rotatable bonds is 3. The Kier molecular flexibility index (Phi) is 4.03. The molecule has 5 nitrogen and oxygen atoms in total. The van der Waals surface area contributed by atoms with Crippen LogP contribution in [0.15, 0.2) is 58.4 Å². The fourth-order valence-electron chi connectivity index (χ4n) is 1.79. The summed E-state index contributed by atoms with van der Waals surface area (Å²) in [7, 11) is 0. The average Bonchev–Trinajstić information content (AvgIpc) is 2.88. The van der Waals surface area contributed by atoms with Crippen LogP contribution in [-0.2, 0) is 0 Å². The zero-order valence-corrected chi connectivity index (χ0v) is 13.2. The first-order valence-electron chi connectivity index (χ1n) is 6.12. The summed E-state index contributed by atoms with van der Waals surface area (Å²) in [4.78, 5) is 3.99. The molecule has 0 aliphatic rings. The molecule has 2 aromatic heterocycles. The molecule has 0 amide bonds. The third-order valence-electron chi connectivity index (χ3n) is 2.81. The van der Waals surface area contributed by atoms with E-state index in [-0.39, 0.29) is 0 Å². The van der Waals surface area contributed by atoms with Gasteiger partial charge in [0, 0.05) is 28.0 Å². The highest BCUT2D eigenvalue weighted by Gasteiger charge is 2.07. The van der Waals surface area contributed by atoms with Crippen LogP contribution in [-0.4, -0.2) is 26.1 Å². The Bertz CT molecular complexity index is 838. The smallest absolute Gasteiger partial charge is 0.216 e. The topological polar surface area (TPSA) is 58.9 Å². The van der Waals surface area contributed by atoms with Gasteiger partial charge in [-0.1, -0.05) is 34.1 Å². The molecule has 0 saturated heterocycles. The molecule has 0 aliphatic heterocycles. The predicted molar refractivity (Wildman–Crippen MR) is 87.8 cm³/mol. The summed E-state index contributed by atoms with van der Waals surface area (Å²) in [6.07, 6.45) is 5.14. The second kappa shape index (κ2) is 6.11. The highest BCUT2D eigenvalue weighted by molar-refractivity contribution is 9.10. The molecule has 21 heavy (non-hydrogen) atoms. The molecular weight excluding hydrogens is 350 g/mol. The van der Waals surface area contributed by atoms with Crippen molar-refractivity contribution in [2.45, 2.75) is 0 Å². The molecule has 104 valence electrons. The summed E-state index contributed by atoms with van der Waals surface area (Å²) >= 11 is 8.71. The van der Waals surface area contributed by atoms with Gasteiger partial charge in [0.05, 0.1) is 6.21 Å². The van der Waals surface area contributed by atoms with Crippen LogP contribution in [0.2, 0.25) is 0 Å². The van der Waals surface area contributed by atoms with Crippen molar-refractivity contribution in [2.75, 3.05) is 0 Å². The first kappa shape index (κ1) is 13.8. The normalized spacial score (nSPS) is 11.1. The fraction of sp³-hybridized carbons (Fsp3) is 0. The van der Waals surface area contributed by atoms with E-state index >= 15 is 0 Å².